The highest BCUT2D eigenvalue weighted by Gasteiger charge is 2.25. The maximum absolute atomic E-state index is 9.87. The summed E-state index contributed by atoms with van der Waals surface area (Å²) in [6.07, 6.45) is 0.383. The van der Waals surface area contributed by atoms with Gasteiger partial charge >= 0.3 is 0 Å². The van der Waals surface area contributed by atoms with Crippen LogP contribution in [0.3, 0.4) is 0 Å². The number of aliphatic hydroxyl groups excluding tert-OH is 1. The van der Waals surface area contributed by atoms with Crippen LogP contribution in [0.4, 0.5) is 5.13 Å². The van der Waals surface area contributed by atoms with Crippen molar-refractivity contribution in [1.82, 2.24) is 14.7 Å². The number of aromatic nitrogens is 2. The van der Waals surface area contributed by atoms with E-state index in [1.807, 2.05) is 30.3 Å². The fourth-order valence-electron chi connectivity index (χ4n) is 1.79. The summed E-state index contributed by atoms with van der Waals surface area (Å²) in [6.45, 7) is 0.967. The second-order valence-electron chi connectivity index (χ2n) is 4.23. The third-order valence-corrected chi connectivity index (χ3v) is 3.62. The van der Waals surface area contributed by atoms with E-state index in [4.69, 9.17) is 0 Å². The Morgan fingerprint density at radius 1 is 1.39 bits per heavy atom. The van der Waals surface area contributed by atoms with Gasteiger partial charge in [-0.1, -0.05) is 30.3 Å². The van der Waals surface area contributed by atoms with Crippen LogP contribution in [0.2, 0.25) is 0 Å². The van der Waals surface area contributed by atoms with Crippen LogP contribution in [0.15, 0.2) is 30.3 Å². The van der Waals surface area contributed by atoms with Crippen molar-refractivity contribution in [1.29, 1.82) is 0 Å². The number of hydrogen-bond donors (Lipinski definition) is 3. The predicted octanol–water partition coefficient (Wildman–Crippen LogP) is 1.30. The average Bonchev–Trinajstić information content (AvgIpc) is 2.76. The number of nitrogens with zero attached hydrogens (tertiary/aromatic N) is 2. The molecule has 1 fully saturated rings. The molecule has 0 saturated carbocycles. The number of nitrogens with one attached hydrogen (secondary N) is 2. The average molecular weight is 262 g/mol. The molecular weight excluding hydrogens is 248 g/mol. The normalized spacial score (nSPS) is 20.2. The highest BCUT2D eigenvalue weighted by molar-refractivity contribution is 7.09. The molecule has 3 rings (SSSR count). The lowest BCUT2D eigenvalue weighted by Gasteiger charge is -2.31. The number of aliphatic hydroxyl groups is 1. The molecule has 1 aromatic heterocycles. The molecule has 5 nitrogen and oxygen atoms in total. The highest BCUT2D eigenvalue weighted by Crippen LogP contribution is 2.21. The van der Waals surface area contributed by atoms with Gasteiger partial charge in [0, 0.05) is 17.1 Å². The summed E-state index contributed by atoms with van der Waals surface area (Å²) in [5.74, 6) is 0.692. The molecule has 1 aromatic carbocycles. The minimum Gasteiger partial charge on any atom is -0.372 e. The first kappa shape index (κ1) is 11.6. The van der Waals surface area contributed by atoms with Crippen LogP contribution in [0.5, 0.6) is 0 Å². The molecule has 2 heterocycles. The molecule has 1 saturated heterocycles. The summed E-state index contributed by atoms with van der Waals surface area (Å²) in [5.41, 5.74) is 0.984. The van der Waals surface area contributed by atoms with E-state index in [2.05, 4.69) is 20.0 Å². The summed E-state index contributed by atoms with van der Waals surface area (Å²) in [4.78, 5) is 4.37. The van der Waals surface area contributed by atoms with Crippen molar-refractivity contribution >= 4 is 16.7 Å². The molecule has 0 spiro atoms. The number of hydrogen-bond acceptors (Lipinski definition) is 6. The molecule has 0 aliphatic carbocycles. The summed E-state index contributed by atoms with van der Waals surface area (Å²) in [6, 6.07) is 9.92. The first-order valence-corrected chi connectivity index (χ1v) is 6.67. The first-order valence-electron chi connectivity index (χ1n) is 5.90. The van der Waals surface area contributed by atoms with Gasteiger partial charge < -0.3 is 15.7 Å². The monoisotopic (exact) mass is 262 g/mol. The van der Waals surface area contributed by atoms with Crippen LogP contribution in [0.1, 0.15) is 6.42 Å². The minimum absolute atomic E-state index is 0.120. The van der Waals surface area contributed by atoms with Gasteiger partial charge in [-0.05, 0) is 13.0 Å². The van der Waals surface area contributed by atoms with Gasteiger partial charge in [-0.25, -0.2) is 0 Å². The van der Waals surface area contributed by atoms with Crippen molar-refractivity contribution in [3.8, 4) is 11.4 Å². The van der Waals surface area contributed by atoms with E-state index in [9.17, 15) is 5.11 Å². The van der Waals surface area contributed by atoms with Gasteiger partial charge in [-0.3, -0.25) is 0 Å². The van der Waals surface area contributed by atoms with E-state index in [1.54, 1.807) is 0 Å². The van der Waals surface area contributed by atoms with Crippen LogP contribution < -0.4 is 10.6 Å². The van der Waals surface area contributed by atoms with Crippen LogP contribution in [-0.2, 0) is 0 Å². The Kier molecular flexibility index (Phi) is 3.22. The Hall–Kier alpha value is -1.50. The van der Waals surface area contributed by atoms with Crippen LogP contribution >= 0.6 is 11.5 Å². The Morgan fingerprint density at radius 2 is 2.17 bits per heavy atom. The fourth-order valence-corrected chi connectivity index (χ4v) is 2.41. The molecule has 0 radical (unpaired) electrons. The first-order chi connectivity index (χ1) is 8.83. The van der Waals surface area contributed by atoms with E-state index in [0.29, 0.717) is 11.0 Å². The smallest absolute Gasteiger partial charge is 0.204 e. The van der Waals surface area contributed by atoms with E-state index < -0.39 is 6.23 Å². The summed E-state index contributed by atoms with van der Waals surface area (Å²) < 4.78 is 4.28. The van der Waals surface area contributed by atoms with Gasteiger partial charge in [0.05, 0.1) is 6.04 Å². The maximum atomic E-state index is 9.87. The second-order valence-corrected chi connectivity index (χ2v) is 4.98. The molecule has 1 unspecified atom stereocenters. The minimum atomic E-state index is -0.602. The van der Waals surface area contributed by atoms with Crippen molar-refractivity contribution in [2.75, 3.05) is 11.9 Å². The number of benzene rings is 1. The third kappa shape index (κ3) is 2.35. The van der Waals surface area contributed by atoms with Crippen LogP contribution in [0, 0.1) is 0 Å². The van der Waals surface area contributed by atoms with Crippen molar-refractivity contribution in [2.45, 2.75) is 18.7 Å². The Balaban J connectivity index is 1.69. The summed E-state index contributed by atoms with van der Waals surface area (Å²) in [5, 5.41) is 16.6. The molecule has 2 aromatic rings. The highest BCUT2D eigenvalue weighted by atomic mass is 32.1. The zero-order valence-corrected chi connectivity index (χ0v) is 10.5. The van der Waals surface area contributed by atoms with Crippen molar-refractivity contribution < 1.29 is 5.11 Å². The summed E-state index contributed by atoms with van der Waals surface area (Å²) in [7, 11) is 0. The lowest BCUT2D eigenvalue weighted by atomic mass is 10.1. The van der Waals surface area contributed by atoms with Gasteiger partial charge in [-0.2, -0.15) is 9.36 Å². The third-order valence-electron chi connectivity index (χ3n) is 2.97. The molecular formula is C12H14N4OS. The van der Waals surface area contributed by atoms with E-state index >= 15 is 0 Å². The van der Waals surface area contributed by atoms with Crippen molar-refractivity contribution in [3.63, 3.8) is 0 Å². The van der Waals surface area contributed by atoms with E-state index in [0.717, 1.165) is 18.5 Å². The maximum Gasteiger partial charge on any atom is 0.204 e. The summed E-state index contributed by atoms with van der Waals surface area (Å²) >= 11 is 1.26. The molecule has 18 heavy (non-hydrogen) atoms. The molecule has 0 bridgehead atoms. The Morgan fingerprint density at radius 3 is 2.83 bits per heavy atom. The predicted molar refractivity (Wildman–Crippen MR) is 71.4 cm³/mol. The molecule has 3 N–H and O–H groups in total. The van der Waals surface area contributed by atoms with Crippen molar-refractivity contribution in [2.24, 2.45) is 0 Å². The largest absolute Gasteiger partial charge is 0.372 e. The topological polar surface area (TPSA) is 70.1 Å². The lowest BCUT2D eigenvalue weighted by Crippen LogP contribution is -2.53. The Labute approximate surface area is 109 Å². The second kappa shape index (κ2) is 5.01. The fraction of sp³-hybridized carbons (Fsp3) is 0.333. The number of rotatable bonds is 4. The van der Waals surface area contributed by atoms with Gasteiger partial charge in [0.2, 0.25) is 5.13 Å². The SMILES string of the molecule is OC(Nc1nc(-c2ccccc2)ns1)[C@@H]1CCN1. The zero-order chi connectivity index (χ0) is 12.4. The number of anilines is 1. The molecule has 1 aliphatic rings. The molecule has 2 atom stereocenters. The molecule has 1 aliphatic heterocycles. The van der Waals surface area contributed by atoms with E-state index in [-0.39, 0.29) is 6.04 Å². The zero-order valence-electron chi connectivity index (χ0n) is 9.71. The van der Waals surface area contributed by atoms with Crippen LogP contribution in [-0.4, -0.2) is 33.3 Å². The molecule has 94 valence electrons. The van der Waals surface area contributed by atoms with Gasteiger partial charge in [-0.15, -0.1) is 0 Å². The lowest BCUT2D eigenvalue weighted by molar-refractivity contribution is 0.119. The van der Waals surface area contributed by atoms with Gasteiger partial charge in [0.1, 0.15) is 6.23 Å². The molecule has 6 heteroatoms. The quantitative estimate of drug-likeness (QED) is 0.725. The standard InChI is InChI=1S/C12H14N4OS/c17-11(9-6-7-13-9)15-12-14-10(16-18-12)8-4-2-1-3-5-8/h1-5,9,11,13,17H,6-7H2,(H,14,15,16)/t9-,11?/m0/s1. The van der Waals surface area contributed by atoms with E-state index in [1.165, 1.54) is 11.5 Å². The van der Waals surface area contributed by atoms with Crippen LogP contribution in [0.25, 0.3) is 11.4 Å². The van der Waals surface area contributed by atoms with Crippen molar-refractivity contribution in [3.05, 3.63) is 30.3 Å². The Bertz CT molecular complexity index is 512. The van der Waals surface area contributed by atoms with Gasteiger partial charge in [0.15, 0.2) is 5.82 Å². The van der Waals surface area contributed by atoms with Gasteiger partial charge in [0.25, 0.3) is 0 Å². The molecule has 0 amide bonds.